The largest absolute Gasteiger partial charge is 0.399 e. The molecule has 0 saturated carbocycles. The van der Waals surface area contributed by atoms with E-state index >= 15 is 0 Å². The van der Waals surface area contributed by atoms with Gasteiger partial charge in [-0.15, -0.1) is 0 Å². The Morgan fingerprint density at radius 2 is 1.95 bits per heavy atom. The van der Waals surface area contributed by atoms with Gasteiger partial charge in [0.2, 0.25) is 0 Å². The standard InChI is InChI=1S/C15H15N3O2S/c1-2-21(19,20)15-6-4-3-5-13(15)18-14-9-12(16)8-7-11(14)10-17-18/h3-10H,2,16H2,1H3. The van der Waals surface area contributed by atoms with Crippen molar-refractivity contribution in [3.63, 3.8) is 0 Å². The molecule has 3 rings (SSSR count). The SMILES string of the molecule is CCS(=O)(=O)c1ccccc1-n1ncc2ccc(N)cc21. The summed E-state index contributed by atoms with van der Waals surface area (Å²) in [6, 6.07) is 12.3. The van der Waals surface area contributed by atoms with Crippen molar-refractivity contribution in [2.75, 3.05) is 11.5 Å². The van der Waals surface area contributed by atoms with Crippen LogP contribution in [0, 0.1) is 0 Å². The van der Waals surface area contributed by atoms with E-state index in [0.717, 1.165) is 10.9 Å². The van der Waals surface area contributed by atoms with Gasteiger partial charge in [0.25, 0.3) is 0 Å². The fourth-order valence-corrected chi connectivity index (χ4v) is 3.35. The number of fused-ring (bicyclic) bond motifs is 1. The molecule has 0 bridgehead atoms. The lowest BCUT2D eigenvalue weighted by Gasteiger charge is -2.10. The predicted molar refractivity (Wildman–Crippen MR) is 83.2 cm³/mol. The summed E-state index contributed by atoms with van der Waals surface area (Å²) in [6.07, 6.45) is 1.70. The number of anilines is 1. The van der Waals surface area contributed by atoms with Gasteiger partial charge in [-0.1, -0.05) is 19.1 Å². The Bertz CT molecular complexity index is 914. The number of aromatic nitrogens is 2. The van der Waals surface area contributed by atoms with E-state index in [9.17, 15) is 8.42 Å². The molecule has 21 heavy (non-hydrogen) atoms. The van der Waals surface area contributed by atoms with Gasteiger partial charge in [-0.25, -0.2) is 13.1 Å². The van der Waals surface area contributed by atoms with Crippen LogP contribution in [0.1, 0.15) is 6.92 Å². The monoisotopic (exact) mass is 301 g/mol. The molecule has 108 valence electrons. The van der Waals surface area contributed by atoms with Crippen molar-refractivity contribution in [3.8, 4) is 5.69 Å². The van der Waals surface area contributed by atoms with Gasteiger partial charge in [-0.3, -0.25) is 0 Å². The van der Waals surface area contributed by atoms with Gasteiger partial charge in [-0.05, 0) is 30.3 Å². The van der Waals surface area contributed by atoms with Gasteiger partial charge >= 0.3 is 0 Å². The highest BCUT2D eigenvalue weighted by Crippen LogP contribution is 2.25. The van der Waals surface area contributed by atoms with Crippen LogP contribution in [0.4, 0.5) is 5.69 Å². The van der Waals surface area contributed by atoms with E-state index in [2.05, 4.69) is 5.10 Å². The minimum atomic E-state index is -3.33. The van der Waals surface area contributed by atoms with Gasteiger partial charge in [0.1, 0.15) is 0 Å². The molecule has 0 atom stereocenters. The predicted octanol–water partition coefficient (Wildman–Crippen LogP) is 2.40. The Balaban J connectivity index is 2.32. The number of hydrogen-bond acceptors (Lipinski definition) is 4. The zero-order valence-electron chi connectivity index (χ0n) is 11.5. The average Bonchev–Trinajstić information content (AvgIpc) is 2.90. The summed E-state index contributed by atoms with van der Waals surface area (Å²) >= 11 is 0. The second-order valence-corrected chi connectivity index (χ2v) is 6.99. The Morgan fingerprint density at radius 3 is 2.71 bits per heavy atom. The minimum absolute atomic E-state index is 0.0470. The molecule has 6 heteroatoms. The molecule has 0 aliphatic rings. The molecule has 1 aromatic heterocycles. The lowest BCUT2D eigenvalue weighted by Crippen LogP contribution is -2.09. The fourth-order valence-electron chi connectivity index (χ4n) is 2.28. The van der Waals surface area contributed by atoms with Crippen LogP contribution >= 0.6 is 0 Å². The van der Waals surface area contributed by atoms with Crippen LogP contribution in [-0.4, -0.2) is 24.0 Å². The van der Waals surface area contributed by atoms with E-state index in [1.165, 1.54) is 0 Å². The summed E-state index contributed by atoms with van der Waals surface area (Å²) in [5.41, 5.74) is 7.76. The van der Waals surface area contributed by atoms with Crippen molar-refractivity contribution in [2.45, 2.75) is 11.8 Å². The zero-order valence-corrected chi connectivity index (χ0v) is 12.3. The lowest BCUT2D eigenvalue weighted by atomic mass is 10.2. The van der Waals surface area contributed by atoms with E-state index in [4.69, 9.17) is 5.73 Å². The molecule has 5 nitrogen and oxygen atoms in total. The van der Waals surface area contributed by atoms with Gasteiger partial charge in [0.15, 0.2) is 9.84 Å². The Morgan fingerprint density at radius 1 is 1.19 bits per heavy atom. The van der Waals surface area contributed by atoms with Crippen molar-refractivity contribution in [2.24, 2.45) is 0 Å². The molecule has 2 aromatic carbocycles. The third-order valence-electron chi connectivity index (χ3n) is 3.40. The highest BCUT2D eigenvalue weighted by Gasteiger charge is 2.18. The number of nitrogen functional groups attached to an aromatic ring is 1. The molecule has 0 radical (unpaired) electrons. The normalized spacial score (nSPS) is 11.9. The Labute approximate surface area is 122 Å². The Kier molecular flexibility index (Phi) is 3.17. The first-order valence-corrected chi connectivity index (χ1v) is 8.23. The molecule has 0 saturated heterocycles. The number of rotatable bonds is 3. The molecule has 0 aliphatic carbocycles. The first kappa shape index (κ1) is 13.6. The average molecular weight is 301 g/mol. The number of benzene rings is 2. The molecule has 0 fully saturated rings. The molecule has 1 heterocycles. The van der Waals surface area contributed by atoms with Crippen LogP contribution in [0.25, 0.3) is 16.6 Å². The molecule has 2 N–H and O–H groups in total. The smallest absolute Gasteiger partial charge is 0.180 e. The zero-order chi connectivity index (χ0) is 15.0. The quantitative estimate of drug-likeness (QED) is 0.753. The van der Waals surface area contributed by atoms with E-state index in [1.54, 1.807) is 54.2 Å². The van der Waals surface area contributed by atoms with Crippen LogP contribution in [0.15, 0.2) is 53.6 Å². The van der Waals surface area contributed by atoms with E-state index in [-0.39, 0.29) is 10.6 Å². The van der Waals surface area contributed by atoms with Gasteiger partial charge in [0.05, 0.1) is 28.0 Å². The molecule has 3 aromatic rings. The first-order chi connectivity index (χ1) is 10.0. The number of sulfone groups is 1. The highest BCUT2D eigenvalue weighted by atomic mass is 32.2. The summed E-state index contributed by atoms with van der Waals surface area (Å²) < 4.78 is 26.1. The third kappa shape index (κ3) is 2.27. The van der Waals surface area contributed by atoms with Crippen LogP contribution < -0.4 is 5.73 Å². The number of nitrogens with zero attached hydrogens (tertiary/aromatic N) is 2. The summed E-state index contributed by atoms with van der Waals surface area (Å²) in [5, 5.41) is 5.22. The molecular weight excluding hydrogens is 286 g/mol. The molecule has 0 aliphatic heterocycles. The molecule has 0 spiro atoms. The van der Waals surface area contributed by atoms with E-state index in [0.29, 0.717) is 11.4 Å². The maximum absolute atomic E-state index is 12.3. The minimum Gasteiger partial charge on any atom is -0.399 e. The topological polar surface area (TPSA) is 78.0 Å². The highest BCUT2D eigenvalue weighted by molar-refractivity contribution is 7.91. The summed E-state index contributed by atoms with van der Waals surface area (Å²) in [7, 11) is -3.33. The fraction of sp³-hybridized carbons (Fsp3) is 0.133. The lowest BCUT2D eigenvalue weighted by molar-refractivity contribution is 0.596. The van der Waals surface area contributed by atoms with Crippen molar-refractivity contribution < 1.29 is 8.42 Å². The molecular formula is C15H15N3O2S. The van der Waals surface area contributed by atoms with Crippen LogP contribution in [-0.2, 0) is 9.84 Å². The van der Waals surface area contributed by atoms with Crippen molar-refractivity contribution in [1.29, 1.82) is 0 Å². The first-order valence-electron chi connectivity index (χ1n) is 6.58. The maximum Gasteiger partial charge on any atom is 0.180 e. The van der Waals surface area contributed by atoms with Gasteiger partial charge in [-0.2, -0.15) is 5.10 Å². The number of para-hydroxylation sites is 1. The van der Waals surface area contributed by atoms with Gasteiger partial charge in [0, 0.05) is 11.1 Å². The van der Waals surface area contributed by atoms with Crippen molar-refractivity contribution in [3.05, 3.63) is 48.7 Å². The second kappa shape index (κ2) is 4.89. The molecule has 0 unspecified atom stereocenters. The van der Waals surface area contributed by atoms with E-state index < -0.39 is 9.84 Å². The maximum atomic E-state index is 12.3. The van der Waals surface area contributed by atoms with E-state index in [1.807, 2.05) is 6.07 Å². The molecule has 0 amide bonds. The Hall–Kier alpha value is -2.34. The van der Waals surface area contributed by atoms with Crippen molar-refractivity contribution >= 4 is 26.4 Å². The van der Waals surface area contributed by atoms with Crippen molar-refractivity contribution in [1.82, 2.24) is 9.78 Å². The summed E-state index contributed by atoms with van der Waals surface area (Å²) in [6.45, 7) is 1.63. The second-order valence-electron chi connectivity index (χ2n) is 4.75. The van der Waals surface area contributed by atoms with Crippen LogP contribution in [0.3, 0.4) is 0 Å². The number of hydrogen-bond donors (Lipinski definition) is 1. The third-order valence-corrected chi connectivity index (χ3v) is 5.18. The number of nitrogens with two attached hydrogens (primary N) is 1. The van der Waals surface area contributed by atoms with Crippen LogP contribution in [0.5, 0.6) is 0 Å². The van der Waals surface area contributed by atoms with Crippen LogP contribution in [0.2, 0.25) is 0 Å². The summed E-state index contributed by atoms with van der Waals surface area (Å²) in [5.74, 6) is 0.0470. The van der Waals surface area contributed by atoms with Gasteiger partial charge < -0.3 is 5.73 Å². The summed E-state index contributed by atoms with van der Waals surface area (Å²) in [4.78, 5) is 0.278.